The van der Waals surface area contributed by atoms with Crippen LogP contribution in [0.1, 0.15) is 16.2 Å². The molecule has 0 aliphatic heterocycles. The fourth-order valence-electron chi connectivity index (χ4n) is 1.65. The van der Waals surface area contributed by atoms with E-state index in [1.165, 1.54) is 22.9 Å². The van der Waals surface area contributed by atoms with E-state index >= 15 is 0 Å². The molecule has 0 radical (unpaired) electrons. The zero-order valence-corrected chi connectivity index (χ0v) is 10.1. The second kappa shape index (κ2) is 4.48. The molecule has 94 valence electrons. The first kappa shape index (κ1) is 12.1. The van der Waals surface area contributed by atoms with Gasteiger partial charge in [0.2, 0.25) is 0 Å². The van der Waals surface area contributed by atoms with E-state index in [0.717, 1.165) is 5.69 Å². The third-order valence-electron chi connectivity index (χ3n) is 2.47. The van der Waals surface area contributed by atoms with Gasteiger partial charge in [0.1, 0.15) is 11.5 Å². The number of nitrogen functional groups attached to an aromatic ring is 1. The van der Waals surface area contributed by atoms with Gasteiger partial charge < -0.3 is 11.1 Å². The highest BCUT2D eigenvalue weighted by Crippen LogP contribution is 2.18. The number of hydrogen-bond acceptors (Lipinski definition) is 3. The summed E-state index contributed by atoms with van der Waals surface area (Å²) in [5.74, 6) is -0.959. The lowest BCUT2D eigenvalue weighted by Gasteiger charge is -2.07. The molecule has 1 aromatic carbocycles. The molecule has 3 N–H and O–H groups in total. The summed E-state index contributed by atoms with van der Waals surface area (Å²) in [7, 11) is 1.65. The van der Waals surface area contributed by atoms with Crippen molar-refractivity contribution in [2.75, 3.05) is 11.1 Å². The molecule has 1 aromatic heterocycles. The summed E-state index contributed by atoms with van der Waals surface area (Å²) in [5.41, 5.74) is 7.05. The number of anilines is 2. The van der Waals surface area contributed by atoms with E-state index in [0.29, 0.717) is 11.4 Å². The van der Waals surface area contributed by atoms with Crippen LogP contribution in [-0.2, 0) is 7.05 Å². The fraction of sp³-hybridized carbons (Fsp3) is 0.167. The molecule has 0 atom stereocenters. The van der Waals surface area contributed by atoms with Crippen LogP contribution in [-0.4, -0.2) is 15.7 Å². The molecular formula is C12H13FN4O. The topological polar surface area (TPSA) is 72.9 Å². The molecular weight excluding hydrogens is 235 g/mol. The van der Waals surface area contributed by atoms with Crippen molar-refractivity contribution in [2.24, 2.45) is 7.05 Å². The van der Waals surface area contributed by atoms with Crippen LogP contribution in [0, 0.1) is 12.7 Å². The lowest BCUT2D eigenvalue weighted by molar-refractivity contribution is 0.101. The van der Waals surface area contributed by atoms with Gasteiger partial charge in [-0.3, -0.25) is 9.48 Å². The molecule has 6 heteroatoms. The molecule has 0 bridgehead atoms. The van der Waals surface area contributed by atoms with E-state index in [4.69, 9.17) is 5.73 Å². The maximum Gasteiger partial charge on any atom is 0.274 e. The molecule has 1 heterocycles. The van der Waals surface area contributed by atoms with Gasteiger partial charge in [0.05, 0.1) is 11.4 Å². The number of aromatic nitrogens is 2. The minimum atomic E-state index is -0.531. The Morgan fingerprint density at radius 2 is 2.17 bits per heavy atom. The first-order valence-electron chi connectivity index (χ1n) is 5.34. The van der Waals surface area contributed by atoms with Crippen LogP contribution in [0.3, 0.4) is 0 Å². The number of aryl methyl sites for hydroxylation is 2. The Balaban J connectivity index is 2.26. The van der Waals surface area contributed by atoms with E-state index < -0.39 is 11.7 Å². The van der Waals surface area contributed by atoms with Gasteiger partial charge >= 0.3 is 0 Å². The number of benzene rings is 1. The highest BCUT2D eigenvalue weighted by molar-refractivity contribution is 6.03. The van der Waals surface area contributed by atoms with E-state index in [9.17, 15) is 9.18 Å². The largest absolute Gasteiger partial charge is 0.399 e. The van der Waals surface area contributed by atoms with Crippen molar-refractivity contribution in [3.8, 4) is 0 Å². The van der Waals surface area contributed by atoms with Crippen molar-refractivity contribution >= 4 is 17.3 Å². The summed E-state index contributed by atoms with van der Waals surface area (Å²) >= 11 is 0. The van der Waals surface area contributed by atoms with Gasteiger partial charge in [-0.1, -0.05) is 0 Å². The molecule has 0 fully saturated rings. The van der Waals surface area contributed by atoms with Gasteiger partial charge in [-0.15, -0.1) is 0 Å². The zero-order chi connectivity index (χ0) is 13.3. The molecule has 1 amide bonds. The smallest absolute Gasteiger partial charge is 0.274 e. The summed E-state index contributed by atoms with van der Waals surface area (Å²) in [6.45, 7) is 1.78. The fourth-order valence-corrected chi connectivity index (χ4v) is 1.65. The quantitative estimate of drug-likeness (QED) is 0.794. The molecule has 0 spiro atoms. The van der Waals surface area contributed by atoms with Gasteiger partial charge in [0.25, 0.3) is 5.91 Å². The molecule has 18 heavy (non-hydrogen) atoms. The van der Waals surface area contributed by atoms with Crippen LogP contribution >= 0.6 is 0 Å². The molecule has 0 saturated heterocycles. The number of halogens is 1. The lowest BCUT2D eigenvalue weighted by atomic mass is 10.2. The second-order valence-electron chi connectivity index (χ2n) is 3.99. The number of nitrogens with one attached hydrogen (secondary N) is 1. The van der Waals surface area contributed by atoms with Crippen LogP contribution in [0.4, 0.5) is 15.8 Å². The minimum absolute atomic E-state index is 0.0545. The highest BCUT2D eigenvalue weighted by atomic mass is 19.1. The number of amides is 1. The Morgan fingerprint density at radius 3 is 2.78 bits per heavy atom. The Bertz CT molecular complexity index is 606. The van der Waals surface area contributed by atoms with Crippen molar-refractivity contribution in [1.82, 2.24) is 9.78 Å². The summed E-state index contributed by atoms with van der Waals surface area (Å²) in [6, 6.07) is 5.63. The van der Waals surface area contributed by atoms with Crippen LogP contribution in [0.15, 0.2) is 24.3 Å². The summed E-state index contributed by atoms with van der Waals surface area (Å²) < 4.78 is 14.9. The number of carbonyl (C=O) groups excluding carboxylic acids is 1. The monoisotopic (exact) mass is 248 g/mol. The van der Waals surface area contributed by atoms with Gasteiger partial charge in [-0.2, -0.15) is 5.10 Å². The van der Waals surface area contributed by atoms with Gasteiger partial charge in [-0.25, -0.2) is 4.39 Å². The third-order valence-corrected chi connectivity index (χ3v) is 2.47. The molecule has 2 aromatic rings. The number of rotatable bonds is 2. The molecule has 0 aliphatic rings. The molecule has 0 aliphatic carbocycles. The maximum absolute atomic E-state index is 13.5. The predicted molar refractivity (Wildman–Crippen MR) is 66.7 cm³/mol. The average molecular weight is 248 g/mol. The predicted octanol–water partition coefficient (Wildman–Crippen LogP) is 1.70. The first-order chi connectivity index (χ1) is 8.47. The van der Waals surface area contributed by atoms with Gasteiger partial charge in [0.15, 0.2) is 0 Å². The van der Waals surface area contributed by atoms with Crippen LogP contribution < -0.4 is 11.1 Å². The summed E-state index contributed by atoms with van der Waals surface area (Å²) in [5, 5.41) is 6.52. The van der Waals surface area contributed by atoms with Crippen molar-refractivity contribution in [2.45, 2.75) is 6.92 Å². The number of nitrogens with two attached hydrogens (primary N) is 1. The molecule has 2 rings (SSSR count). The summed E-state index contributed by atoms with van der Waals surface area (Å²) in [6.07, 6.45) is 0. The zero-order valence-electron chi connectivity index (χ0n) is 10.1. The van der Waals surface area contributed by atoms with Crippen LogP contribution in [0.5, 0.6) is 0 Å². The SMILES string of the molecule is Cc1cc(C(=O)Nc2cc(N)ccc2F)n(C)n1. The van der Waals surface area contributed by atoms with E-state index in [-0.39, 0.29) is 5.69 Å². The van der Waals surface area contributed by atoms with E-state index in [2.05, 4.69) is 10.4 Å². The van der Waals surface area contributed by atoms with Crippen molar-refractivity contribution in [1.29, 1.82) is 0 Å². The Hall–Kier alpha value is -2.37. The van der Waals surface area contributed by atoms with Crippen molar-refractivity contribution < 1.29 is 9.18 Å². The standard InChI is InChI=1S/C12H13FN4O/c1-7-5-11(17(2)16-7)12(18)15-10-6-8(14)3-4-9(10)13/h3-6H,14H2,1-2H3,(H,15,18). The van der Waals surface area contributed by atoms with Gasteiger partial charge in [0, 0.05) is 12.7 Å². The van der Waals surface area contributed by atoms with E-state index in [1.807, 2.05) is 0 Å². The normalized spacial score (nSPS) is 10.4. The lowest BCUT2D eigenvalue weighted by Crippen LogP contribution is -2.17. The molecule has 0 saturated carbocycles. The van der Waals surface area contributed by atoms with Crippen LogP contribution in [0.25, 0.3) is 0 Å². The summed E-state index contributed by atoms with van der Waals surface area (Å²) in [4.78, 5) is 11.9. The Kier molecular flexibility index (Phi) is 3.01. The molecule has 5 nitrogen and oxygen atoms in total. The number of carbonyl (C=O) groups is 1. The average Bonchev–Trinajstić information content (AvgIpc) is 2.63. The van der Waals surface area contributed by atoms with Crippen molar-refractivity contribution in [3.05, 3.63) is 41.5 Å². The number of hydrogen-bond donors (Lipinski definition) is 2. The maximum atomic E-state index is 13.5. The van der Waals surface area contributed by atoms with Crippen LogP contribution in [0.2, 0.25) is 0 Å². The minimum Gasteiger partial charge on any atom is -0.399 e. The third kappa shape index (κ3) is 2.32. The Morgan fingerprint density at radius 1 is 1.44 bits per heavy atom. The van der Waals surface area contributed by atoms with Crippen molar-refractivity contribution in [3.63, 3.8) is 0 Å². The number of nitrogens with zero attached hydrogens (tertiary/aromatic N) is 2. The highest BCUT2D eigenvalue weighted by Gasteiger charge is 2.13. The first-order valence-corrected chi connectivity index (χ1v) is 5.34. The molecule has 0 unspecified atom stereocenters. The second-order valence-corrected chi connectivity index (χ2v) is 3.99. The Labute approximate surface area is 103 Å². The van der Waals surface area contributed by atoms with Gasteiger partial charge in [-0.05, 0) is 31.2 Å². The van der Waals surface area contributed by atoms with E-state index in [1.54, 1.807) is 20.0 Å².